The minimum absolute atomic E-state index is 0. The van der Waals surface area contributed by atoms with Crippen LogP contribution in [0.3, 0.4) is 0 Å². The Kier molecular flexibility index (Phi) is 15.0. The molecule has 0 heterocycles. The normalized spacial score (nSPS) is 10.5. The van der Waals surface area contributed by atoms with Crippen LogP contribution in [0.5, 0.6) is 0 Å². The van der Waals surface area contributed by atoms with E-state index in [0.717, 1.165) is 18.2 Å². The Labute approximate surface area is 217 Å². The van der Waals surface area contributed by atoms with Crippen LogP contribution in [-0.4, -0.2) is 144 Å². The molecule has 0 radical (unpaired) electrons. The van der Waals surface area contributed by atoms with Crippen molar-refractivity contribution in [2.75, 3.05) is 0 Å². The van der Waals surface area contributed by atoms with Crippen LogP contribution in [0.4, 0.5) is 0 Å². The monoisotopic (exact) mass is 384 g/mol. The van der Waals surface area contributed by atoms with Crippen LogP contribution in [-0.2, 0) is 20.2 Å². The van der Waals surface area contributed by atoms with E-state index in [-0.39, 0.29) is 124 Å². The quantitative estimate of drug-likeness (QED) is 0.494. The molecule has 2 aromatic rings. The van der Waals surface area contributed by atoms with Gasteiger partial charge in [-0.3, -0.25) is 9.11 Å². The van der Waals surface area contributed by atoms with Crippen LogP contribution < -0.4 is 0 Å². The molecule has 0 spiro atoms. The van der Waals surface area contributed by atoms with E-state index in [1.54, 1.807) is 6.07 Å². The summed E-state index contributed by atoms with van der Waals surface area (Å²) < 4.78 is 62.2. The number of rotatable bonds is 2. The van der Waals surface area contributed by atoms with Crippen LogP contribution >= 0.6 is 0 Å². The summed E-state index contributed by atoms with van der Waals surface area (Å²) in [5, 5.41) is 0.452. The van der Waals surface area contributed by atoms with Crippen molar-refractivity contribution in [3.63, 3.8) is 0 Å². The molecule has 0 amide bonds. The molecule has 0 saturated heterocycles. The summed E-state index contributed by atoms with van der Waals surface area (Å²) in [4.78, 5) is -0.850. The van der Waals surface area contributed by atoms with Gasteiger partial charge in [0.25, 0.3) is 20.2 Å². The van der Waals surface area contributed by atoms with Crippen molar-refractivity contribution in [1.82, 2.24) is 0 Å². The Morgan fingerprint density at radius 2 is 1.27 bits per heavy atom. The van der Waals surface area contributed by atoms with E-state index < -0.39 is 30.0 Å². The first-order valence-corrected chi connectivity index (χ1v) is 7.55. The Morgan fingerprint density at radius 1 is 0.727 bits per heavy atom. The first-order valence-electron chi connectivity index (χ1n) is 4.67. The van der Waals surface area contributed by atoms with Gasteiger partial charge >= 0.3 is 118 Å². The molecule has 0 aromatic heterocycles. The third-order valence-corrected chi connectivity index (χ3v) is 4.15. The van der Waals surface area contributed by atoms with E-state index >= 15 is 0 Å². The maximum absolute atomic E-state index is 11.2. The summed E-state index contributed by atoms with van der Waals surface area (Å²) in [6, 6.07) is 7.59. The van der Waals surface area contributed by atoms with Crippen LogP contribution in [0.15, 0.2) is 46.2 Å². The van der Waals surface area contributed by atoms with Gasteiger partial charge in [0.15, 0.2) is 0 Å². The molecule has 2 N–H and O–H groups in total. The van der Waals surface area contributed by atoms with Crippen LogP contribution in [0.1, 0.15) is 0 Å². The molecule has 2 aromatic carbocycles. The summed E-state index contributed by atoms with van der Waals surface area (Å²) in [6.45, 7) is 0. The topological polar surface area (TPSA) is 109 Å². The minimum atomic E-state index is -4.47. The molecule has 0 fully saturated rings. The fraction of sp³-hybridized carbons (Fsp3) is 0. The molecular formula is C10H12Na4O6S2. The van der Waals surface area contributed by atoms with E-state index in [2.05, 4.69) is 0 Å². The summed E-state index contributed by atoms with van der Waals surface area (Å²) in [7, 11) is -8.90. The van der Waals surface area contributed by atoms with Crippen LogP contribution in [0.25, 0.3) is 10.8 Å². The van der Waals surface area contributed by atoms with Gasteiger partial charge in [-0.2, -0.15) is 16.8 Å². The maximum atomic E-state index is 11.2. The Bertz CT molecular complexity index is 836. The molecule has 6 nitrogen and oxygen atoms in total. The number of fused-ring (bicyclic) bond motifs is 1. The van der Waals surface area contributed by atoms with Crippen molar-refractivity contribution in [2.45, 2.75) is 9.79 Å². The Hall–Kier alpha value is 2.52. The second-order valence-electron chi connectivity index (χ2n) is 3.59. The van der Waals surface area contributed by atoms with Gasteiger partial charge in [0.2, 0.25) is 0 Å². The first-order chi connectivity index (χ1) is 8.19. The zero-order chi connectivity index (χ0) is 13.6. The first kappa shape index (κ1) is 29.3. The summed E-state index contributed by atoms with van der Waals surface area (Å²) in [5.41, 5.74) is 0. The molecule has 22 heavy (non-hydrogen) atoms. The summed E-state index contributed by atoms with van der Waals surface area (Å²) in [5.74, 6) is 0. The molecule has 0 aliphatic carbocycles. The predicted molar refractivity (Wildman–Crippen MR) is 92.2 cm³/mol. The zero-order valence-electron chi connectivity index (χ0n) is 8.81. The van der Waals surface area contributed by atoms with Gasteiger partial charge in [0.05, 0.1) is 4.90 Å². The molecule has 104 valence electrons. The molecule has 0 aliphatic heterocycles. The predicted octanol–water partition coefficient (Wildman–Crippen LogP) is -1.26. The molecule has 0 saturated carbocycles. The molecule has 0 atom stereocenters. The van der Waals surface area contributed by atoms with E-state index in [1.165, 1.54) is 12.1 Å². The van der Waals surface area contributed by atoms with E-state index in [4.69, 9.17) is 9.11 Å². The van der Waals surface area contributed by atoms with Crippen molar-refractivity contribution >= 4 is 149 Å². The van der Waals surface area contributed by atoms with E-state index in [9.17, 15) is 16.8 Å². The number of hydrogen-bond acceptors (Lipinski definition) is 4. The third-order valence-electron chi connectivity index (χ3n) is 2.39. The molecule has 12 heteroatoms. The molecule has 2 rings (SSSR count). The van der Waals surface area contributed by atoms with E-state index in [1.807, 2.05) is 0 Å². The summed E-state index contributed by atoms with van der Waals surface area (Å²) in [6.07, 6.45) is 0. The third kappa shape index (κ3) is 7.41. The molecule has 0 bridgehead atoms. The van der Waals surface area contributed by atoms with Crippen molar-refractivity contribution in [1.29, 1.82) is 0 Å². The fourth-order valence-corrected chi connectivity index (χ4v) is 2.82. The van der Waals surface area contributed by atoms with Crippen molar-refractivity contribution in [3.8, 4) is 0 Å². The SMILES string of the molecule is O=S(=O)(O)c1ccc2cccc(S(=O)(=O)O)c2c1.[NaH].[NaH].[NaH].[NaH]. The average Bonchev–Trinajstić information content (AvgIpc) is 2.25. The molecular weight excluding hydrogens is 372 g/mol. The molecule has 0 aliphatic rings. The van der Waals surface area contributed by atoms with E-state index in [0.29, 0.717) is 5.39 Å². The van der Waals surface area contributed by atoms with Crippen molar-refractivity contribution < 1.29 is 25.9 Å². The summed E-state index contributed by atoms with van der Waals surface area (Å²) >= 11 is 0. The van der Waals surface area contributed by atoms with Gasteiger partial charge in [-0.1, -0.05) is 18.2 Å². The van der Waals surface area contributed by atoms with Gasteiger partial charge in [0.1, 0.15) is 4.90 Å². The average molecular weight is 384 g/mol. The van der Waals surface area contributed by atoms with Gasteiger partial charge in [-0.15, -0.1) is 0 Å². The van der Waals surface area contributed by atoms with Crippen LogP contribution in [0, 0.1) is 0 Å². The fourth-order valence-electron chi connectivity index (χ4n) is 1.61. The van der Waals surface area contributed by atoms with Crippen molar-refractivity contribution in [3.05, 3.63) is 36.4 Å². The van der Waals surface area contributed by atoms with Gasteiger partial charge in [-0.25, -0.2) is 0 Å². The number of benzene rings is 2. The second kappa shape index (κ2) is 11.3. The molecule has 0 unspecified atom stereocenters. The Morgan fingerprint density at radius 3 is 1.73 bits per heavy atom. The van der Waals surface area contributed by atoms with Gasteiger partial charge in [-0.05, 0) is 23.6 Å². The second-order valence-corrected chi connectivity index (χ2v) is 6.40. The standard InChI is InChI=1S/C10H8O6S2.4Na.4H/c11-17(12,13)8-5-4-7-2-1-3-10(9(7)6-8)18(14,15)16;;;;;;;;/h1-6H,(H,11,12,13)(H,14,15,16);;;;;;;;. The Balaban J connectivity index is -0.000000902. The van der Waals surface area contributed by atoms with Crippen molar-refractivity contribution in [2.24, 2.45) is 0 Å². The van der Waals surface area contributed by atoms with Gasteiger partial charge in [0, 0.05) is 5.39 Å². The zero-order valence-corrected chi connectivity index (χ0v) is 10.4. The van der Waals surface area contributed by atoms with Crippen LogP contribution in [0.2, 0.25) is 0 Å². The van der Waals surface area contributed by atoms with Gasteiger partial charge < -0.3 is 0 Å². The number of hydrogen-bond donors (Lipinski definition) is 2.